The molecule has 17 heteroatoms. The minimum Gasteiger partial charge on any atom is -0.268 e. The summed E-state index contributed by atoms with van der Waals surface area (Å²) < 4.78 is 0. The van der Waals surface area contributed by atoms with Gasteiger partial charge in [-0.3, -0.25) is 19.2 Å². The van der Waals surface area contributed by atoms with E-state index in [4.69, 9.17) is 92.8 Å². The number of amides is 4. The van der Waals surface area contributed by atoms with E-state index in [-0.39, 0.29) is 62.4 Å². The Hall–Kier alpha value is -1.82. The third-order valence-corrected chi connectivity index (χ3v) is 8.68. The van der Waals surface area contributed by atoms with Gasteiger partial charge >= 0.3 is 0 Å². The summed E-state index contributed by atoms with van der Waals surface area (Å²) in [5.41, 5.74) is -1.24. The number of carbonyl (C=O) groups excluding carboxylic acids is 4. The molecule has 0 atom stereocenters. The molecular weight excluding hydrogens is 634 g/mol. The molecule has 1 N–H and O–H groups in total. The second-order valence-corrected chi connectivity index (χ2v) is 9.89. The van der Waals surface area contributed by atoms with Gasteiger partial charge in [0.25, 0.3) is 29.6 Å². The smallest absolute Gasteiger partial charge is 0.268 e. The number of H-pyrrole nitrogens is 1. The minimum absolute atomic E-state index is 0.226. The lowest BCUT2D eigenvalue weighted by atomic mass is 10.1. The van der Waals surface area contributed by atoms with Crippen molar-refractivity contribution in [3.05, 3.63) is 62.4 Å². The van der Waals surface area contributed by atoms with Crippen molar-refractivity contribution in [2.24, 2.45) is 0 Å². The highest BCUT2D eigenvalue weighted by Crippen LogP contribution is 2.47. The summed E-state index contributed by atoms with van der Waals surface area (Å²) in [5.74, 6) is -4.83. The summed E-state index contributed by atoms with van der Waals surface area (Å²) in [6.07, 6.45) is 0. The van der Waals surface area contributed by atoms with Crippen LogP contribution in [0.5, 0.6) is 0 Å². The van der Waals surface area contributed by atoms with E-state index in [1.165, 1.54) is 0 Å². The molecule has 9 nitrogen and oxygen atoms in total. The molecule has 0 aliphatic carbocycles. The van der Waals surface area contributed by atoms with Gasteiger partial charge in [-0.15, -0.1) is 5.10 Å². The van der Waals surface area contributed by atoms with Gasteiger partial charge in [-0.1, -0.05) is 92.8 Å². The molecule has 0 bridgehead atoms. The maximum Gasteiger partial charge on any atom is 0.270 e. The van der Waals surface area contributed by atoms with E-state index >= 15 is 0 Å². The average Bonchev–Trinajstić information content (AvgIpc) is 3.46. The van der Waals surface area contributed by atoms with Gasteiger partial charge in [0, 0.05) is 0 Å². The number of hydrogen-bond donors (Lipinski definition) is 1. The van der Waals surface area contributed by atoms with Crippen molar-refractivity contribution in [2.45, 2.75) is 0 Å². The summed E-state index contributed by atoms with van der Waals surface area (Å²) in [7, 11) is 0. The first-order chi connectivity index (χ1) is 16.4. The normalized spacial score (nSPS) is 15.0. The van der Waals surface area contributed by atoms with Gasteiger partial charge in [-0.2, -0.15) is 4.98 Å². The van der Waals surface area contributed by atoms with Crippen LogP contribution in [0.3, 0.4) is 0 Å². The second-order valence-electron chi connectivity index (χ2n) is 6.86. The molecule has 4 amide bonds. The number of rotatable bonds is 2. The van der Waals surface area contributed by atoms with E-state index in [0.29, 0.717) is 9.80 Å². The highest BCUT2D eigenvalue weighted by molar-refractivity contribution is 6.57. The number of aromatic nitrogens is 3. The maximum absolute atomic E-state index is 13.0. The quantitative estimate of drug-likeness (QED) is 0.192. The van der Waals surface area contributed by atoms with Crippen LogP contribution in [0.1, 0.15) is 41.4 Å². The van der Waals surface area contributed by atoms with Gasteiger partial charge in [0.05, 0.1) is 62.4 Å². The molecule has 5 rings (SSSR count). The summed E-state index contributed by atoms with van der Waals surface area (Å²) >= 11 is 48.5. The average molecular weight is 635 g/mol. The number of aromatic amines is 1. The lowest BCUT2D eigenvalue weighted by Gasteiger charge is -2.10. The molecule has 3 heterocycles. The van der Waals surface area contributed by atoms with Gasteiger partial charge in [0.1, 0.15) is 0 Å². The number of carbonyl (C=O) groups is 4. The van der Waals surface area contributed by atoms with Crippen LogP contribution in [-0.2, 0) is 0 Å². The molecule has 0 spiro atoms. The van der Waals surface area contributed by atoms with Crippen LogP contribution >= 0.6 is 92.8 Å². The Labute approximate surface area is 233 Å². The molecule has 0 saturated heterocycles. The number of anilines is 2. The van der Waals surface area contributed by atoms with Gasteiger partial charge in [-0.25, -0.2) is 14.9 Å². The fourth-order valence-corrected chi connectivity index (χ4v) is 5.55. The summed E-state index contributed by atoms with van der Waals surface area (Å²) in [6.45, 7) is 0. The third-order valence-electron chi connectivity index (χ3n) is 5.08. The Balaban J connectivity index is 1.58. The van der Waals surface area contributed by atoms with Crippen molar-refractivity contribution < 1.29 is 19.2 Å². The molecule has 35 heavy (non-hydrogen) atoms. The fraction of sp³-hybridized carbons (Fsp3) is 0. The van der Waals surface area contributed by atoms with Crippen molar-refractivity contribution in [1.29, 1.82) is 0 Å². The monoisotopic (exact) mass is 631 g/mol. The van der Waals surface area contributed by atoms with Crippen LogP contribution < -0.4 is 9.80 Å². The molecule has 3 aromatic rings. The van der Waals surface area contributed by atoms with Crippen LogP contribution in [0.2, 0.25) is 40.2 Å². The Morgan fingerprint density at radius 2 is 0.800 bits per heavy atom. The second kappa shape index (κ2) is 8.36. The number of benzene rings is 2. The zero-order chi connectivity index (χ0) is 25.7. The van der Waals surface area contributed by atoms with Gasteiger partial charge < -0.3 is 0 Å². The summed E-state index contributed by atoms with van der Waals surface area (Å²) in [4.78, 5) is 57.0. The zero-order valence-electron chi connectivity index (χ0n) is 15.9. The molecule has 0 saturated carbocycles. The van der Waals surface area contributed by atoms with Crippen LogP contribution in [0.25, 0.3) is 0 Å². The molecule has 0 unspecified atom stereocenters. The van der Waals surface area contributed by atoms with E-state index in [1.807, 2.05) is 0 Å². The highest BCUT2D eigenvalue weighted by atomic mass is 35.5. The van der Waals surface area contributed by atoms with Crippen molar-refractivity contribution in [3.63, 3.8) is 0 Å². The van der Waals surface area contributed by atoms with Crippen molar-refractivity contribution in [3.8, 4) is 0 Å². The molecule has 2 aliphatic rings. The first-order valence-corrected chi connectivity index (χ1v) is 11.8. The lowest BCUT2D eigenvalue weighted by Crippen LogP contribution is -2.32. The fourth-order valence-electron chi connectivity index (χ4n) is 3.52. The predicted octanol–water partition coefficient (Wildman–Crippen LogP) is 6.63. The Bertz CT molecular complexity index is 1380. The van der Waals surface area contributed by atoms with Crippen molar-refractivity contribution >= 4 is 128 Å². The lowest BCUT2D eigenvalue weighted by molar-refractivity contribution is 0.0909. The molecule has 0 fully saturated rings. The first kappa shape index (κ1) is 24.9. The Kier molecular flexibility index (Phi) is 5.94. The molecule has 2 aliphatic heterocycles. The Morgan fingerprint density at radius 1 is 0.486 bits per heavy atom. The van der Waals surface area contributed by atoms with Gasteiger partial charge in [0.2, 0.25) is 5.95 Å². The van der Waals surface area contributed by atoms with Gasteiger partial charge in [0.15, 0.2) is 0 Å². The van der Waals surface area contributed by atoms with Crippen LogP contribution in [0.15, 0.2) is 0 Å². The summed E-state index contributed by atoms with van der Waals surface area (Å²) in [6, 6.07) is 0. The predicted molar refractivity (Wildman–Crippen MR) is 132 cm³/mol. The molecule has 2 aromatic carbocycles. The third kappa shape index (κ3) is 3.24. The number of fused-ring (bicyclic) bond motifs is 2. The number of halogens is 8. The molecule has 0 radical (unpaired) electrons. The van der Waals surface area contributed by atoms with Crippen LogP contribution in [0.4, 0.5) is 11.9 Å². The van der Waals surface area contributed by atoms with E-state index in [9.17, 15) is 19.2 Å². The van der Waals surface area contributed by atoms with Gasteiger partial charge in [-0.05, 0) is 0 Å². The van der Waals surface area contributed by atoms with Crippen LogP contribution in [0, 0.1) is 0 Å². The molecular formula is C18HCl8N5O4. The minimum atomic E-state index is -0.965. The summed E-state index contributed by atoms with van der Waals surface area (Å²) in [5, 5.41) is 3.99. The zero-order valence-corrected chi connectivity index (χ0v) is 22.0. The SMILES string of the molecule is O=C1c2c(Cl)c(Cl)c(Cl)c(Cl)c2C(=O)N1c1n[nH]c(N2C(=O)c3c(Cl)c(Cl)c(Cl)c(Cl)c3C2=O)n1. The van der Waals surface area contributed by atoms with Crippen molar-refractivity contribution in [2.75, 3.05) is 9.80 Å². The number of hydrogen-bond acceptors (Lipinski definition) is 6. The number of nitrogens with zero attached hydrogens (tertiary/aromatic N) is 4. The Morgan fingerprint density at radius 3 is 1.14 bits per heavy atom. The van der Waals surface area contributed by atoms with E-state index < -0.39 is 35.5 Å². The number of nitrogens with one attached hydrogen (secondary N) is 1. The topological polar surface area (TPSA) is 116 Å². The van der Waals surface area contributed by atoms with Crippen molar-refractivity contribution in [1.82, 2.24) is 15.2 Å². The molecule has 1 aromatic heterocycles. The van der Waals surface area contributed by atoms with E-state index in [2.05, 4.69) is 15.2 Å². The standard InChI is InChI=1S/C18HCl8N5O4/c19-5-1-2(6(20)10(24)9(5)23)14(33)30(13(1)32)17-27-18(29-28-17)31-15(34)3-4(16(31)35)8(22)12(26)11(25)7(3)21/h(H,27,28,29). The first-order valence-electron chi connectivity index (χ1n) is 8.81. The largest absolute Gasteiger partial charge is 0.270 e. The maximum atomic E-state index is 13.0. The van der Waals surface area contributed by atoms with E-state index in [1.54, 1.807) is 0 Å². The van der Waals surface area contributed by atoms with Crippen LogP contribution in [-0.4, -0.2) is 38.8 Å². The van der Waals surface area contributed by atoms with E-state index in [0.717, 1.165) is 0 Å². The highest BCUT2D eigenvalue weighted by Gasteiger charge is 2.47. The molecule has 178 valence electrons. The number of imide groups is 2.